The fraction of sp³-hybridized carbons (Fsp3) is 0.500. The minimum absolute atomic E-state index is 0.138. The zero-order chi connectivity index (χ0) is 13.3. The van der Waals surface area contributed by atoms with Gasteiger partial charge in [-0.25, -0.2) is 8.42 Å². The van der Waals surface area contributed by atoms with Crippen molar-refractivity contribution in [3.8, 4) is 0 Å². The van der Waals surface area contributed by atoms with Gasteiger partial charge in [-0.1, -0.05) is 0 Å². The molecule has 1 atom stereocenters. The van der Waals surface area contributed by atoms with Crippen LogP contribution >= 0.6 is 0 Å². The first-order valence-corrected chi connectivity index (χ1v) is 7.39. The molecule has 3 N–H and O–H groups in total. The number of benzene rings is 1. The fourth-order valence-electron chi connectivity index (χ4n) is 2.37. The van der Waals surface area contributed by atoms with E-state index in [2.05, 4.69) is 0 Å². The smallest absolute Gasteiger partial charge is 0.243 e. The van der Waals surface area contributed by atoms with Gasteiger partial charge in [0.2, 0.25) is 10.0 Å². The van der Waals surface area contributed by atoms with E-state index in [9.17, 15) is 13.5 Å². The Labute approximate surface area is 107 Å². The third-order valence-electron chi connectivity index (χ3n) is 3.21. The molecule has 1 saturated heterocycles. The molecule has 0 saturated carbocycles. The average Bonchev–Trinajstić information content (AvgIpc) is 2.76. The van der Waals surface area contributed by atoms with Gasteiger partial charge in [0, 0.05) is 18.3 Å². The molecule has 5 nitrogen and oxygen atoms in total. The zero-order valence-electron chi connectivity index (χ0n) is 10.3. The second-order valence-electron chi connectivity index (χ2n) is 4.67. The van der Waals surface area contributed by atoms with Gasteiger partial charge >= 0.3 is 0 Å². The second-order valence-corrected chi connectivity index (χ2v) is 6.56. The number of hydrogen-bond donors (Lipinski definition) is 2. The molecule has 1 unspecified atom stereocenters. The number of nitrogens with two attached hydrogens (primary N) is 1. The SMILES string of the molecule is Cc1cc(N)cc(S(=O)(=O)N2CCCC2CO)c1. The molecule has 18 heavy (non-hydrogen) atoms. The maximum Gasteiger partial charge on any atom is 0.243 e. The van der Waals surface area contributed by atoms with E-state index in [1.807, 2.05) is 6.92 Å². The summed E-state index contributed by atoms with van der Waals surface area (Å²) in [5.74, 6) is 0. The zero-order valence-corrected chi connectivity index (χ0v) is 11.2. The molecule has 1 aromatic carbocycles. The summed E-state index contributed by atoms with van der Waals surface area (Å²) in [5.41, 5.74) is 6.94. The molecule has 1 aliphatic rings. The van der Waals surface area contributed by atoms with Gasteiger partial charge in [0.15, 0.2) is 0 Å². The van der Waals surface area contributed by atoms with Crippen LogP contribution in [0.4, 0.5) is 5.69 Å². The average molecular weight is 270 g/mol. The molecule has 100 valence electrons. The highest BCUT2D eigenvalue weighted by Crippen LogP contribution is 2.27. The van der Waals surface area contributed by atoms with Gasteiger partial charge in [0.1, 0.15) is 0 Å². The van der Waals surface area contributed by atoms with E-state index in [0.29, 0.717) is 18.7 Å². The molecule has 0 radical (unpaired) electrons. The fourth-order valence-corrected chi connectivity index (χ4v) is 4.19. The molecule has 0 aliphatic carbocycles. The van der Waals surface area contributed by atoms with Gasteiger partial charge in [0.25, 0.3) is 0 Å². The summed E-state index contributed by atoms with van der Waals surface area (Å²) in [6.45, 7) is 2.13. The van der Waals surface area contributed by atoms with Crippen molar-refractivity contribution in [2.24, 2.45) is 0 Å². The number of anilines is 1. The van der Waals surface area contributed by atoms with Crippen LogP contribution in [-0.2, 0) is 10.0 Å². The Balaban J connectivity index is 2.41. The largest absolute Gasteiger partial charge is 0.399 e. The monoisotopic (exact) mass is 270 g/mol. The third kappa shape index (κ3) is 2.36. The van der Waals surface area contributed by atoms with E-state index in [4.69, 9.17) is 5.73 Å². The lowest BCUT2D eigenvalue weighted by Gasteiger charge is -2.22. The molecular weight excluding hydrogens is 252 g/mol. The summed E-state index contributed by atoms with van der Waals surface area (Å²) in [6, 6.07) is 4.50. The van der Waals surface area contributed by atoms with Gasteiger partial charge in [0.05, 0.1) is 11.5 Å². The predicted octanol–water partition coefficient (Wildman–Crippen LogP) is 0.723. The summed E-state index contributed by atoms with van der Waals surface area (Å²) in [7, 11) is -3.55. The Morgan fingerprint density at radius 2 is 2.17 bits per heavy atom. The molecule has 0 bridgehead atoms. The lowest BCUT2D eigenvalue weighted by Crippen LogP contribution is -2.37. The van der Waals surface area contributed by atoms with E-state index < -0.39 is 10.0 Å². The molecule has 1 fully saturated rings. The molecule has 2 rings (SSSR count). The van der Waals surface area contributed by atoms with E-state index in [-0.39, 0.29) is 17.5 Å². The van der Waals surface area contributed by atoms with Crippen LogP contribution in [0.2, 0.25) is 0 Å². The number of rotatable bonds is 3. The Bertz CT molecular complexity index is 522. The van der Waals surface area contributed by atoms with Crippen LogP contribution in [0, 0.1) is 6.92 Å². The maximum atomic E-state index is 12.5. The number of aliphatic hydroxyl groups excluding tert-OH is 1. The quantitative estimate of drug-likeness (QED) is 0.793. The summed E-state index contributed by atoms with van der Waals surface area (Å²) >= 11 is 0. The number of aryl methyl sites for hydroxylation is 1. The minimum atomic E-state index is -3.55. The first-order chi connectivity index (χ1) is 8.45. The van der Waals surface area contributed by atoms with Crippen LogP contribution in [0.5, 0.6) is 0 Å². The van der Waals surface area contributed by atoms with Crippen molar-refractivity contribution in [3.05, 3.63) is 23.8 Å². The van der Waals surface area contributed by atoms with Gasteiger partial charge in [-0.2, -0.15) is 4.31 Å². The molecule has 1 aliphatic heterocycles. The van der Waals surface area contributed by atoms with Crippen LogP contribution in [0.1, 0.15) is 18.4 Å². The van der Waals surface area contributed by atoms with Gasteiger partial charge in [-0.3, -0.25) is 0 Å². The standard InChI is InChI=1S/C12H18N2O3S/c1-9-5-10(13)7-12(6-9)18(16,17)14-4-2-3-11(14)8-15/h5-7,11,15H,2-4,8,13H2,1H3. The van der Waals surface area contributed by atoms with Gasteiger partial charge in [-0.15, -0.1) is 0 Å². The van der Waals surface area contributed by atoms with Crippen molar-refractivity contribution in [3.63, 3.8) is 0 Å². The van der Waals surface area contributed by atoms with Crippen molar-refractivity contribution < 1.29 is 13.5 Å². The van der Waals surface area contributed by atoms with Crippen LogP contribution < -0.4 is 5.73 Å². The van der Waals surface area contributed by atoms with E-state index in [1.54, 1.807) is 12.1 Å². The number of sulfonamides is 1. The molecule has 0 spiro atoms. The van der Waals surface area contributed by atoms with Crippen molar-refractivity contribution in [2.75, 3.05) is 18.9 Å². The number of nitrogen functional groups attached to an aromatic ring is 1. The van der Waals surface area contributed by atoms with E-state index >= 15 is 0 Å². The van der Waals surface area contributed by atoms with Gasteiger partial charge < -0.3 is 10.8 Å². The third-order valence-corrected chi connectivity index (χ3v) is 5.14. The summed E-state index contributed by atoms with van der Waals surface area (Å²) in [5, 5.41) is 9.23. The molecule has 1 aromatic rings. The first kappa shape index (κ1) is 13.3. The topological polar surface area (TPSA) is 83.6 Å². The lowest BCUT2D eigenvalue weighted by molar-refractivity contribution is 0.213. The van der Waals surface area contributed by atoms with Crippen LogP contribution in [0.3, 0.4) is 0 Å². The Kier molecular flexibility index (Phi) is 3.61. The Morgan fingerprint density at radius 1 is 1.44 bits per heavy atom. The van der Waals surface area contributed by atoms with Crippen molar-refractivity contribution >= 4 is 15.7 Å². The molecule has 0 aromatic heterocycles. The number of nitrogens with zero attached hydrogens (tertiary/aromatic N) is 1. The summed E-state index contributed by atoms with van der Waals surface area (Å²) in [4.78, 5) is 0.209. The molecule has 1 heterocycles. The number of hydrogen-bond acceptors (Lipinski definition) is 4. The highest BCUT2D eigenvalue weighted by molar-refractivity contribution is 7.89. The molecule has 6 heteroatoms. The van der Waals surface area contributed by atoms with Crippen molar-refractivity contribution in [2.45, 2.75) is 30.7 Å². The van der Waals surface area contributed by atoms with Crippen LogP contribution in [0.25, 0.3) is 0 Å². The van der Waals surface area contributed by atoms with Gasteiger partial charge in [-0.05, 0) is 43.5 Å². The molecular formula is C12H18N2O3S. The summed E-state index contributed by atoms with van der Waals surface area (Å²) in [6.07, 6.45) is 1.49. The Morgan fingerprint density at radius 3 is 2.78 bits per heavy atom. The van der Waals surface area contributed by atoms with Crippen LogP contribution in [0.15, 0.2) is 23.1 Å². The lowest BCUT2D eigenvalue weighted by atomic mass is 10.2. The van der Waals surface area contributed by atoms with Crippen LogP contribution in [-0.4, -0.2) is 37.0 Å². The highest BCUT2D eigenvalue weighted by Gasteiger charge is 2.34. The minimum Gasteiger partial charge on any atom is -0.399 e. The summed E-state index contributed by atoms with van der Waals surface area (Å²) < 4.78 is 26.3. The number of aliphatic hydroxyl groups is 1. The van der Waals surface area contributed by atoms with Crippen molar-refractivity contribution in [1.82, 2.24) is 4.31 Å². The second kappa shape index (κ2) is 4.87. The van der Waals surface area contributed by atoms with Crippen molar-refractivity contribution in [1.29, 1.82) is 0 Å². The highest BCUT2D eigenvalue weighted by atomic mass is 32.2. The predicted molar refractivity (Wildman–Crippen MR) is 69.6 cm³/mol. The first-order valence-electron chi connectivity index (χ1n) is 5.95. The Hall–Kier alpha value is -1.11. The molecule has 0 amide bonds. The van der Waals surface area contributed by atoms with E-state index in [1.165, 1.54) is 10.4 Å². The normalized spacial score (nSPS) is 21.3. The van der Waals surface area contributed by atoms with E-state index in [0.717, 1.165) is 12.0 Å². The maximum absolute atomic E-state index is 12.5.